The average Bonchev–Trinajstić information content (AvgIpc) is 3.41. The van der Waals surface area contributed by atoms with Gasteiger partial charge in [0.25, 0.3) is 11.1 Å². The van der Waals surface area contributed by atoms with E-state index in [0.717, 1.165) is 23.9 Å². The van der Waals surface area contributed by atoms with Crippen molar-refractivity contribution in [3.05, 3.63) is 77.1 Å². The summed E-state index contributed by atoms with van der Waals surface area (Å²) in [4.78, 5) is 12.9. The number of aryl methyl sites for hydroxylation is 1. The fourth-order valence-corrected chi connectivity index (χ4v) is 4.31. The first-order valence-corrected chi connectivity index (χ1v) is 11.2. The molecule has 0 bridgehead atoms. The second kappa shape index (κ2) is 9.38. The molecule has 0 atom stereocenters. The number of hydrogen-bond acceptors (Lipinski definition) is 6. The second-order valence-electron chi connectivity index (χ2n) is 7.45. The second-order valence-corrected chi connectivity index (χ2v) is 8.38. The van der Waals surface area contributed by atoms with E-state index in [-0.39, 0.29) is 22.6 Å². The van der Waals surface area contributed by atoms with Crippen LogP contribution in [0.2, 0.25) is 0 Å². The highest BCUT2D eigenvalue weighted by Crippen LogP contribution is 2.33. The molecule has 2 aromatic heterocycles. The molecule has 10 heteroatoms. The molecule has 0 aliphatic rings. The minimum atomic E-state index is -4.45. The molecule has 0 fully saturated rings. The molecule has 0 aliphatic heterocycles. The Balaban J connectivity index is 1.52. The highest BCUT2D eigenvalue weighted by Gasteiger charge is 2.31. The number of benzene rings is 2. The monoisotopic (exact) mass is 487 g/mol. The standard InChI is InChI=1S/C24H20F3N3O3S/c1-14-11-19(15(2)30(14)17-8-6-7-16(12-17)24(25,26)27)20(31)13-34-23-29-28-22(33-23)18-9-4-5-10-21(18)32-3/h4-12H,13H2,1-3H3. The minimum Gasteiger partial charge on any atom is -0.496 e. The minimum absolute atomic E-state index is 0.0282. The lowest BCUT2D eigenvalue weighted by molar-refractivity contribution is -0.137. The van der Waals surface area contributed by atoms with E-state index in [4.69, 9.17) is 9.15 Å². The van der Waals surface area contributed by atoms with Crippen molar-refractivity contribution in [1.82, 2.24) is 14.8 Å². The fourth-order valence-electron chi connectivity index (χ4n) is 3.67. The number of nitrogens with zero attached hydrogens (tertiary/aromatic N) is 3. The first kappa shape index (κ1) is 23.6. The van der Waals surface area contributed by atoms with Gasteiger partial charge in [0.05, 0.1) is 24.0 Å². The average molecular weight is 488 g/mol. The van der Waals surface area contributed by atoms with Gasteiger partial charge in [0.2, 0.25) is 0 Å². The van der Waals surface area contributed by atoms with Gasteiger partial charge in [-0.3, -0.25) is 4.79 Å². The van der Waals surface area contributed by atoms with Crippen molar-refractivity contribution in [1.29, 1.82) is 0 Å². The number of carbonyl (C=O) groups is 1. The van der Waals surface area contributed by atoms with Gasteiger partial charge in [-0.2, -0.15) is 13.2 Å². The Morgan fingerprint density at radius 1 is 1.09 bits per heavy atom. The highest BCUT2D eigenvalue weighted by molar-refractivity contribution is 7.99. The number of hydrogen-bond donors (Lipinski definition) is 0. The van der Waals surface area contributed by atoms with E-state index in [1.165, 1.54) is 6.07 Å². The number of carbonyl (C=O) groups excluding carboxylic acids is 1. The molecule has 2 heterocycles. The molecule has 0 aliphatic carbocycles. The third kappa shape index (κ3) is 4.72. The van der Waals surface area contributed by atoms with Crippen LogP contribution >= 0.6 is 11.8 Å². The van der Waals surface area contributed by atoms with Gasteiger partial charge >= 0.3 is 6.18 Å². The Morgan fingerprint density at radius 3 is 2.59 bits per heavy atom. The number of thioether (sulfide) groups is 1. The molecule has 6 nitrogen and oxygen atoms in total. The quantitative estimate of drug-likeness (QED) is 0.230. The van der Waals surface area contributed by atoms with Crippen molar-refractivity contribution in [2.45, 2.75) is 25.2 Å². The molecule has 176 valence electrons. The normalized spacial score (nSPS) is 11.6. The number of rotatable bonds is 7. The van der Waals surface area contributed by atoms with Crippen molar-refractivity contribution in [2.24, 2.45) is 0 Å². The van der Waals surface area contributed by atoms with Crippen LogP contribution in [-0.4, -0.2) is 33.4 Å². The van der Waals surface area contributed by atoms with Gasteiger partial charge in [-0.15, -0.1) is 10.2 Å². The van der Waals surface area contributed by atoms with Gasteiger partial charge in [0, 0.05) is 22.6 Å². The van der Waals surface area contributed by atoms with Gasteiger partial charge in [-0.25, -0.2) is 0 Å². The maximum Gasteiger partial charge on any atom is 0.416 e. The van der Waals surface area contributed by atoms with Crippen LogP contribution in [0.5, 0.6) is 5.75 Å². The zero-order valence-electron chi connectivity index (χ0n) is 18.5. The molecule has 34 heavy (non-hydrogen) atoms. The smallest absolute Gasteiger partial charge is 0.416 e. The molecule has 0 unspecified atom stereocenters. The predicted octanol–water partition coefficient (Wildman–Crippen LogP) is 6.15. The van der Waals surface area contributed by atoms with Crippen molar-refractivity contribution >= 4 is 17.5 Å². The van der Waals surface area contributed by atoms with Crippen LogP contribution in [0.25, 0.3) is 17.1 Å². The summed E-state index contributed by atoms with van der Waals surface area (Å²) in [6.45, 7) is 3.45. The Kier molecular flexibility index (Phi) is 6.52. The highest BCUT2D eigenvalue weighted by atomic mass is 32.2. The van der Waals surface area contributed by atoms with E-state index in [0.29, 0.717) is 34.0 Å². The maximum atomic E-state index is 13.1. The third-order valence-corrected chi connectivity index (χ3v) is 6.05. The molecule has 2 aromatic carbocycles. The SMILES string of the molecule is COc1ccccc1-c1nnc(SCC(=O)c2cc(C)n(-c3cccc(C(F)(F)F)c3)c2C)o1. The number of methoxy groups -OCH3 is 1. The van der Waals surface area contributed by atoms with E-state index >= 15 is 0 Å². The molecule has 4 aromatic rings. The molecule has 0 saturated carbocycles. The number of halogens is 3. The summed E-state index contributed by atoms with van der Waals surface area (Å²) in [5, 5.41) is 8.23. The van der Waals surface area contributed by atoms with Crippen molar-refractivity contribution in [2.75, 3.05) is 12.9 Å². The van der Waals surface area contributed by atoms with E-state index in [9.17, 15) is 18.0 Å². The summed E-state index contributed by atoms with van der Waals surface area (Å²) in [6, 6.07) is 13.9. The number of para-hydroxylation sites is 1. The Bertz CT molecular complexity index is 1340. The van der Waals surface area contributed by atoms with Gasteiger partial charge < -0.3 is 13.7 Å². The lowest BCUT2D eigenvalue weighted by Gasteiger charge is -2.13. The molecule has 0 amide bonds. The van der Waals surface area contributed by atoms with Crippen molar-refractivity contribution in [3.8, 4) is 22.9 Å². The lowest BCUT2D eigenvalue weighted by Crippen LogP contribution is -2.08. The number of ether oxygens (including phenoxy) is 1. The first-order valence-electron chi connectivity index (χ1n) is 10.2. The molecule has 0 radical (unpaired) electrons. The van der Waals surface area contributed by atoms with Crippen LogP contribution in [0.4, 0.5) is 13.2 Å². The van der Waals surface area contributed by atoms with Crippen LogP contribution in [0.3, 0.4) is 0 Å². The lowest BCUT2D eigenvalue weighted by atomic mass is 10.1. The van der Waals surface area contributed by atoms with Gasteiger partial charge in [0.1, 0.15) is 5.75 Å². The van der Waals surface area contributed by atoms with Gasteiger partial charge in [0.15, 0.2) is 5.78 Å². The molecular formula is C24H20F3N3O3S. The molecule has 0 N–H and O–H groups in total. The summed E-state index contributed by atoms with van der Waals surface area (Å²) in [5.74, 6) is 0.685. The molecule has 0 spiro atoms. The summed E-state index contributed by atoms with van der Waals surface area (Å²) in [6.07, 6.45) is -4.45. The van der Waals surface area contributed by atoms with E-state index in [1.807, 2.05) is 12.1 Å². The van der Waals surface area contributed by atoms with Crippen LogP contribution in [-0.2, 0) is 6.18 Å². The Morgan fingerprint density at radius 2 is 1.85 bits per heavy atom. The van der Waals surface area contributed by atoms with Crippen LogP contribution in [0, 0.1) is 13.8 Å². The van der Waals surface area contributed by atoms with Crippen molar-refractivity contribution < 1.29 is 27.1 Å². The number of ketones is 1. The zero-order chi connectivity index (χ0) is 24.5. The topological polar surface area (TPSA) is 70.2 Å². The Hall–Kier alpha value is -3.53. The van der Waals surface area contributed by atoms with Crippen LogP contribution in [0.1, 0.15) is 27.3 Å². The molecular weight excluding hydrogens is 467 g/mol. The summed E-state index contributed by atoms with van der Waals surface area (Å²) < 4.78 is 52.0. The van der Waals surface area contributed by atoms with E-state index < -0.39 is 11.7 Å². The number of alkyl halides is 3. The maximum absolute atomic E-state index is 13.1. The van der Waals surface area contributed by atoms with E-state index in [2.05, 4.69) is 10.2 Å². The van der Waals surface area contributed by atoms with Crippen LogP contribution in [0.15, 0.2) is 64.2 Å². The number of Topliss-reactive ketones (excluding diaryl/α,β-unsaturated/α-hetero) is 1. The summed E-state index contributed by atoms with van der Waals surface area (Å²) >= 11 is 1.09. The van der Waals surface area contributed by atoms with Gasteiger partial charge in [-0.1, -0.05) is 30.0 Å². The summed E-state index contributed by atoms with van der Waals surface area (Å²) in [7, 11) is 1.54. The fraction of sp³-hybridized carbons (Fsp3) is 0.208. The molecule has 0 saturated heterocycles. The third-order valence-electron chi connectivity index (χ3n) is 5.23. The van der Waals surface area contributed by atoms with Crippen LogP contribution < -0.4 is 4.74 Å². The largest absolute Gasteiger partial charge is 0.496 e. The summed E-state index contributed by atoms with van der Waals surface area (Å²) in [5.41, 5.74) is 1.87. The first-order chi connectivity index (χ1) is 16.2. The van der Waals surface area contributed by atoms with Gasteiger partial charge in [-0.05, 0) is 50.2 Å². The Labute approximate surface area is 197 Å². The van der Waals surface area contributed by atoms with Crippen molar-refractivity contribution in [3.63, 3.8) is 0 Å². The molecule has 4 rings (SSSR count). The van der Waals surface area contributed by atoms with E-state index in [1.54, 1.807) is 49.8 Å². The number of aromatic nitrogens is 3. The zero-order valence-corrected chi connectivity index (χ0v) is 19.3. The predicted molar refractivity (Wildman–Crippen MR) is 122 cm³/mol.